The van der Waals surface area contributed by atoms with Crippen molar-refractivity contribution in [3.05, 3.63) is 23.8 Å². The Kier molecular flexibility index (Phi) is 6.76. The number of hydrogen-bond acceptors (Lipinski definition) is 2. The zero-order valence-electron chi connectivity index (χ0n) is 8.88. The number of carbonyl (C=O) groups is 1. The van der Waals surface area contributed by atoms with Crippen LogP contribution in [0.25, 0.3) is 0 Å². The first kappa shape index (κ1) is 12.9. The highest BCUT2D eigenvalue weighted by Gasteiger charge is 2.02. The van der Waals surface area contributed by atoms with E-state index in [1.165, 1.54) is 0 Å². The van der Waals surface area contributed by atoms with Gasteiger partial charge in [0.25, 0.3) is 0 Å². The van der Waals surface area contributed by atoms with Gasteiger partial charge in [-0.25, -0.2) is 4.79 Å². The maximum absolute atomic E-state index is 10.6. The molecule has 14 heavy (non-hydrogen) atoms. The van der Waals surface area contributed by atoms with E-state index < -0.39 is 5.97 Å². The van der Waals surface area contributed by atoms with Crippen molar-refractivity contribution >= 4 is 5.97 Å². The van der Waals surface area contributed by atoms with Crippen LogP contribution in [0.3, 0.4) is 0 Å². The summed E-state index contributed by atoms with van der Waals surface area (Å²) in [5, 5.41) is 8.68. The second kappa shape index (κ2) is 7.33. The van der Waals surface area contributed by atoms with E-state index in [2.05, 4.69) is 6.58 Å². The normalized spacial score (nSPS) is 11.4. The van der Waals surface area contributed by atoms with Crippen molar-refractivity contribution in [1.29, 1.82) is 0 Å². The van der Waals surface area contributed by atoms with Crippen LogP contribution in [0.1, 0.15) is 26.7 Å². The van der Waals surface area contributed by atoms with Crippen molar-refractivity contribution in [2.24, 2.45) is 0 Å². The highest BCUT2D eigenvalue weighted by Crippen LogP contribution is 2.01. The van der Waals surface area contributed by atoms with Crippen LogP contribution in [0.2, 0.25) is 0 Å². The lowest BCUT2D eigenvalue weighted by molar-refractivity contribution is -0.132. The number of carboxylic acid groups (broad SMARTS) is 1. The Morgan fingerprint density at radius 1 is 1.57 bits per heavy atom. The molecular weight excluding hydrogens is 180 g/mol. The van der Waals surface area contributed by atoms with Crippen molar-refractivity contribution in [2.75, 3.05) is 13.2 Å². The Bertz CT molecular complexity index is 229. The van der Waals surface area contributed by atoms with E-state index in [-0.39, 0.29) is 0 Å². The van der Waals surface area contributed by atoms with Gasteiger partial charge in [-0.15, -0.1) is 6.58 Å². The first-order valence-electron chi connectivity index (χ1n) is 4.72. The van der Waals surface area contributed by atoms with E-state index in [1.807, 2.05) is 13.8 Å². The number of ether oxygens (including phenoxy) is 1. The molecule has 0 atom stereocenters. The molecule has 0 saturated heterocycles. The molecule has 0 saturated carbocycles. The molecule has 0 aliphatic rings. The lowest BCUT2D eigenvalue weighted by Crippen LogP contribution is -2.02. The minimum absolute atomic E-state index is 0.364. The second-order valence-electron chi connectivity index (χ2n) is 3.17. The van der Waals surface area contributed by atoms with Gasteiger partial charge in [0.15, 0.2) is 0 Å². The molecule has 80 valence electrons. The molecule has 0 amide bonds. The maximum atomic E-state index is 10.6. The lowest BCUT2D eigenvalue weighted by atomic mass is 10.2. The molecule has 0 rings (SSSR count). The maximum Gasteiger partial charge on any atom is 0.331 e. The summed E-state index contributed by atoms with van der Waals surface area (Å²) in [6.07, 6.45) is 2.96. The van der Waals surface area contributed by atoms with Gasteiger partial charge >= 0.3 is 5.97 Å². The molecule has 1 N–H and O–H groups in total. The fourth-order valence-electron chi connectivity index (χ4n) is 0.872. The van der Waals surface area contributed by atoms with Crippen LogP contribution >= 0.6 is 0 Å². The van der Waals surface area contributed by atoms with Crippen LogP contribution in [0.4, 0.5) is 0 Å². The van der Waals surface area contributed by atoms with Gasteiger partial charge in [0.1, 0.15) is 0 Å². The average molecular weight is 198 g/mol. The zero-order chi connectivity index (χ0) is 11.0. The second-order valence-corrected chi connectivity index (χ2v) is 3.17. The Morgan fingerprint density at radius 3 is 2.64 bits per heavy atom. The van der Waals surface area contributed by atoms with Gasteiger partial charge in [0, 0.05) is 5.57 Å². The number of carboxylic acids is 1. The molecule has 0 unspecified atom stereocenters. The molecular formula is C11H18O3. The van der Waals surface area contributed by atoms with Gasteiger partial charge in [-0.05, 0) is 25.8 Å². The Morgan fingerprint density at radius 2 is 2.21 bits per heavy atom. The molecule has 3 heteroatoms. The molecule has 0 fully saturated rings. The van der Waals surface area contributed by atoms with E-state index in [1.54, 1.807) is 6.08 Å². The van der Waals surface area contributed by atoms with E-state index in [9.17, 15) is 4.79 Å². The predicted octanol–water partition coefficient (Wildman–Crippen LogP) is 2.39. The van der Waals surface area contributed by atoms with Gasteiger partial charge in [0.05, 0.1) is 13.2 Å². The minimum atomic E-state index is -0.865. The van der Waals surface area contributed by atoms with Crippen LogP contribution in [0.5, 0.6) is 0 Å². The largest absolute Gasteiger partial charge is 0.478 e. The van der Waals surface area contributed by atoms with Gasteiger partial charge < -0.3 is 9.84 Å². The van der Waals surface area contributed by atoms with Crippen molar-refractivity contribution in [3.8, 4) is 0 Å². The van der Waals surface area contributed by atoms with Crippen molar-refractivity contribution < 1.29 is 14.6 Å². The Balaban J connectivity index is 3.69. The van der Waals surface area contributed by atoms with Crippen molar-refractivity contribution in [2.45, 2.75) is 26.7 Å². The summed E-state index contributed by atoms with van der Waals surface area (Å²) in [5.41, 5.74) is 1.48. The lowest BCUT2D eigenvalue weighted by Gasteiger charge is -2.01. The third kappa shape index (κ3) is 6.43. The monoisotopic (exact) mass is 198 g/mol. The SMILES string of the molecule is C=C(C)CCOCC=C(CC)C(=O)O. The Hall–Kier alpha value is -1.09. The van der Waals surface area contributed by atoms with Crippen molar-refractivity contribution in [3.63, 3.8) is 0 Å². The molecule has 3 nitrogen and oxygen atoms in total. The fraction of sp³-hybridized carbons (Fsp3) is 0.545. The third-order valence-electron chi connectivity index (χ3n) is 1.78. The van der Waals surface area contributed by atoms with Crippen LogP contribution < -0.4 is 0 Å². The molecule has 0 spiro atoms. The number of aliphatic carboxylic acids is 1. The first-order chi connectivity index (χ1) is 6.57. The highest BCUT2D eigenvalue weighted by molar-refractivity contribution is 5.86. The zero-order valence-corrected chi connectivity index (χ0v) is 8.88. The molecule has 0 aliphatic heterocycles. The van der Waals surface area contributed by atoms with Gasteiger partial charge in [-0.2, -0.15) is 0 Å². The van der Waals surface area contributed by atoms with Crippen LogP contribution in [-0.2, 0) is 9.53 Å². The molecule has 0 aromatic heterocycles. The van der Waals surface area contributed by atoms with Gasteiger partial charge in [-0.3, -0.25) is 0 Å². The molecule has 0 bridgehead atoms. The number of hydrogen-bond donors (Lipinski definition) is 1. The molecule has 0 aliphatic carbocycles. The van der Waals surface area contributed by atoms with E-state index in [0.717, 1.165) is 12.0 Å². The van der Waals surface area contributed by atoms with Gasteiger partial charge in [0.2, 0.25) is 0 Å². The first-order valence-corrected chi connectivity index (χ1v) is 4.72. The van der Waals surface area contributed by atoms with Crippen molar-refractivity contribution in [1.82, 2.24) is 0 Å². The van der Waals surface area contributed by atoms with Gasteiger partial charge in [-0.1, -0.05) is 12.5 Å². The third-order valence-corrected chi connectivity index (χ3v) is 1.78. The molecule has 0 aromatic carbocycles. The molecule has 0 heterocycles. The molecule has 0 aromatic rings. The summed E-state index contributed by atoms with van der Waals surface area (Å²) in [5.74, 6) is -0.865. The quantitative estimate of drug-likeness (QED) is 0.388. The smallest absolute Gasteiger partial charge is 0.331 e. The van der Waals surface area contributed by atoms with Crippen LogP contribution in [0, 0.1) is 0 Å². The average Bonchev–Trinajstić information content (AvgIpc) is 2.10. The van der Waals surface area contributed by atoms with E-state index in [0.29, 0.717) is 25.2 Å². The summed E-state index contributed by atoms with van der Waals surface area (Å²) >= 11 is 0. The summed E-state index contributed by atoms with van der Waals surface area (Å²) in [4.78, 5) is 10.6. The Labute approximate surface area is 85.1 Å². The van der Waals surface area contributed by atoms with Crippen LogP contribution in [-0.4, -0.2) is 24.3 Å². The predicted molar refractivity (Wildman–Crippen MR) is 56.3 cm³/mol. The summed E-state index contributed by atoms with van der Waals surface area (Å²) in [7, 11) is 0. The summed E-state index contributed by atoms with van der Waals surface area (Å²) in [6, 6.07) is 0. The minimum Gasteiger partial charge on any atom is -0.478 e. The topological polar surface area (TPSA) is 46.5 Å². The summed E-state index contributed by atoms with van der Waals surface area (Å²) < 4.78 is 5.23. The fourth-order valence-corrected chi connectivity index (χ4v) is 0.872. The number of rotatable bonds is 7. The highest BCUT2D eigenvalue weighted by atomic mass is 16.5. The van der Waals surface area contributed by atoms with E-state index >= 15 is 0 Å². The van der Waals surface area contributed by atoms with Crippen LogP contribution in [0.15, 0.2) is 23.8 Å². The summed E-state index contributed by atoms with van der Waals surface area (Å²) in [6.45, 7) is 8.46. The van der Waals surface area contributed by atoms with E-state index in [4.69, 9.17) is 9.84 Å². The molecule has 0 radical (unpaired) electrons. The standard InChI is InChI=1S/C11H18O3/c1-4-10(11(12)13)6-8-14-7-5-9(2)3/h6H,2,4-5,7-8H2,1,3H3,(H,12,13).